The first-order chi connectivity index (χ1) is 7.58. The number of benzene rings is 1. The van der Waals surface area contributed by atoms with Crippen molar-refractivity contribution in [1.29, 1.82) is 0 Å². The highest BCUT2D eigenvalue weighted by Gasteiger charge is 2.14. The molecule has 16 heavy (non-hydrogen) atoms. The van der Waals surface area contributed by atoms with Crippen molar-refractivity contribution in [3.8, 4) is 5.75 Å². The number of carbonyl (C=O) groups excluding carboxylic acids is 1. The van der Waals surface area contributed by atoms with Gasteiger partial charge in [-0.3, -0.25) is 4.79 Å². The zero-order valence-corrected chi connectivity index (χ0v) is 11.1. The van der Waals surface area contributed by atoms with Crippen LogP contribution in [0.4, 0.5) is 0 Å². The van der Waals surface area contributed by atoms with E-state index in [1.54, 1.807) is 7.11 Å². The van der Waals surface area contributed by atoms with Crippen LogP contribution in [-0.4, -0.2) is 18.9 Å². The molecule has 1 unspecified atom stereocenters. The predicted molar refractivity (Wildman–Crippen MR) is 67.7 cm³/mol. The Balaban J connectivity index is 2.87. The topological polar surface area (TPSA) is 52.3 Å². The lowest BCUT2D eigenvalue weighted by atomic mass is 10.0. The maximum atomic E-state index is 11.7. The molecule has 3 nitrogen and oxygen atoms in total. The lowest BCUT2D eigenvalue weighted by Crippen LogP contribution is -2.30. The van der Waals surface area contributed by atoms with Gasteiger partial charge in [0.1, 0.15) is 5.75 Å². The van der Waals surface area contributed by atoms with Gasteiger partial charge in [0.15, 0.2) is 5.78 Å². The predicted octanol–water partition coefficient (Wildman–Crippen LogP) is 2.31. The van der Waals surface area contributed by atoms with Crippen LogP contribution in [0, 0.1) is 0 Å². The maximum absolute atomic E-state index is 11.7. The number of carbonyl (C=O) groups is 1. The van der Waals surface area contributed by atoms with Crippen molar-refractivity contribution in [2.75, 3.05) is 7.11 Å². The average molecular weight is 286 g/mol. The fourth-order valence-corrected chi connectivity index (χ4v) is 1.84. The molecule has 0 amide bonds. The van der Waals surface area contributed by atoms with Crippen LogP contribution >= 0.6 is 15.9 Å². The number of Topliss-reactive ketones (excluding diaryl/α,β-unsaturated/α-hetero) is 1. The van der Waals surface area contributed by atoms with Crippen LogP contribution in [0.1, 0.15) is 18.9 Å². The van der Waals surface area contributed by atoms with Gasteiger partial charge in [-0.05, 0) is 24.6 Å². The fraction of sp³-hybridized carbons (Fsp3) is 0.417. The molecule has 0 fully saturated rings. The van der Waals surface area contributed by atoms with Gasteiger partial charge in [-0.1, -0.05) is 22.9 Å². The van der Waals surface area contributed by atoms with Crippen LogP contribution in [0.15, 0.2) is 22.7 Å². The molecule has 0 aliphatic rings. The second kappa shape index (κ2) is 6.01. The molecule has 0 radical (unpaired) electrons. The highest BCUT2D eigenvalue weighted by molar-refractivity contribution is 9.10. The highest BCUT2D eigenvalue weighted by Crippen LogP contribution is 2.23. The summed E-state index contributed by atoms with van der Waals surface area (Å²) in [7, 11) is 1.59. The van der Waals surface area contributed by atoms with Crippen LogP contribution in [-0.2, 0) is 11.2 Å². The third-order valence-corrected chi connectivity index (χ3v) is 2.95. The summed E-state index contributed by atoms with van der Waals surface area (Å²) in [4.78, 5) is 11.7. The molecule has 1 aromatic carbocycles. The summed E-state index contributed by atoms with van der Waals surface area (Å²) >= 11 is 3.37. The Morgan fingerprint density at radius 2 is 2.25 bits per heavy atom. The monoisotopic (exact) mass is 285 g/mol. The molecule has 0 aliphatic heterocycles. The summed E-state index contributed by atoms with van der Waals surface area (Å²) < 4.78 is 6.13. The van der Waals surface area contributed by atoms with Crippen molar-refractivity contribution in [2.24, 2.45) is 5.73 Å². The van der Waals surface area contributed by atoms with Gasteiger partial charge in [-0.2, -0.15) is 0 Å². The Morgan fingerprint density at radius 3 is 2.81 bits per heavy atom. The van der Waals surface area contributed by atoms with Crippen LogP contribution < -0.4 is 10.5 Å². The second-order valence-corrected chi connectivity index (χ2v) is 4.53. The molecule has 88 valence electrons. The Bertz CT molecular complexity index is 379. The summed E-state index contributed by atoms with van der Waals surface area (Å²) in [5.74, 6) is 0.763. The minimum absolute atomic E-state index is 0.0406. The zero-order valence-electron chi connectivity index (χ0n) is 9.50. The van der Waals surface area contributed by atoms with Crippen molar-refractivity contribution in [3.63, 3.8) is 0 Å². The molecule has 0 spiro atoms. The number of hydrogen-bond acceptors (Lipinski definition) is 3. The van der Waals surface area contributed by atoms with E-state index < -0.39 is 0 Å². The highest BCUT2D eigenvalue weighted by atomic mass is 79.9. The molecular formula is C12H16BrNO2. The largest absolute Gasteiger partial charge is 0.496 e. The molecule has 0 saturated heterocycles. The quantitative estimate of drug-likeness (QED) is 0.903. The van der Waals surface area contributed by atoms with Crippen LogP contribution in [0.3, 0.4) is 0 Å². The van der Waals surface area contributed by atoms with Crippen molar-refractivity contribution in [2.45, 2.75) is 25.8 Å². The van der Waals surface area contributed by atoms with Gasteiger partial charge in [-0.25, -0.2) is 0 Å². The Labute approximate surface area is 104 Å². The lowest BCUT2D eigenvalue weighted by molar-refractivity contribution is -0.119. The number of ether oxygens (including phenoxy) is 1. The number of rotatable bonds is 5. The van der Waals surface area contributed by atoms with E-state index in [2.05, 4.69) is 15.9 Å². The summed E-state index contributed by atoms with van der Waals surface area (Å²) in [6.07, 6.45) is 0.979. The zero-order chi connectivity index (χ0) is 12.1. The number of hydrogen-bond donors (Lipinski definition) is 1. The van der Waals surface area contributed by atoms with Crippen molar-refractivity contribution < 1.29 is 9.53 Å². The van der Waals surface area contributed by atoms with E-state index >= 15 is 0 Å². The van der Waals surface area contributed by atoms with Gasteiger partial charge < -0.3 is 10.5 Å². The molecular weight excluding hydrogens is 270 g/mol. The van der Waals surface area contributed by atoms with E-state index in [0.29, 0.717) is 12.8 Å². The van der Waals surface area contributed by atoms with Gasteiger partial charge in [0.25, 0.3) is 0 Å². The molecule has 4 heteroatoms. The maximum Gasteiger partial charge on any atom is 0.154 e. The van der Waals surface area contributed by atoms with E-state index in [0.717, 1.165) is 15.8 Å². The van der Waals surface area contributed by atoms with E-state index in [1.165, 1.54) is 0 Å². The van der Waals surface area contributed by atoms with Gasteiger partial charge in [-0.15, -0.1) is 0 Å². The molecule has 0 aromatic heterocycles. The van der Waals surface area contributed by atoms with Gasteiger partial charge in [0.2, 0.25) is 0 Å². The molecule has 0 bridgehead atoms. The van der Waals surface area contributed by atoms with Crippen LogP contribution in [0.25, 0.3) is 0 Å². The van der Waals surface area contributed by atoms with Crippen molar-refractivity contribution in [1.82, 2.24) is 0 Å². The second-order valence-electron chi connectivity index (χ2n) is 3.61. The van der Waals surface area contributed by atoms with Gasteiger partial charge in [0, 0.05) is 16.5 Å². The fourth-order valence-electron chi connectivity index (χ4n) is 1.43. The molecule has 1 rings (SSSR count). The molecule has 1 aromatic rings. The Hall–Kier alpha value is -0.870. The summed E-state index contributed by atoms with van der Waals surface area (Å²) in [5, 5.41) is 0. The average Bonchev–Trinajstić information content (AvgIpc) is 2.28. The molecule has 1 atom stereocenters. The number of nitrogens with two attached hydrogens (primary N) is 1. The third kappa shape index (κ3) is 3.32. The van der Waals surface area contributed by atoms with E-state index in [4.69, 9.17) is 10.5 Å². The smallest absolute Gasteiger partial charge is 0.154 e. The first-order valence-electron chi connectivity index (χ1n) is 5.19. The molecule has 0 heterocycles. The van der Waals surface area contributed by atoms with Crippen molar-refractivity contribution in [3.05, 3.63) is 28.2 Å². The van der Waals surface area contributed by atoms with E-state index in [9.17, 15) is 4.79 Å². The van der Waals surface area contributed by atoms with Crippen LogP contribution in [0.5, 0.6) is 5.75 Å². The van der Waals surface area contributed by atoms with E-state index in [1.807, 2.05) is 25.1 Å². The standard InChI is InChI=1S/C12H16BrNO2/c1-3-10(14)11(15)7-8-6-9(13)4-5-12(8)16-2/h4-6,10H,3,7,14H2,1-2H3. The summed E-state index contributed by atoms with van der Waals surface area (Å²) in [6, 6.07) is 5.22. The number of methoxy groups -OCH3 is 1. The van der Waals surface area contributed by atoms with Gasteiger partial charge in [0.05, 0.1) is 13.2 Å². The van der Waals surface area contributed by atoms with E-state index in [-0.39, 0.29) is 11.8 Å². The Kier molecular flexibility index (Phi) is 4.96. The first kappa shape index (κ1) is 13.2. The van der Waals surface area contributed by atoms with Gasteiger partial charge >= 0.3 is 0 Å². The minimum atomic E-state index is -0.385. The van der Waals surface area contributed by atoms with Crippen molar-refractivity contribution >= 4 is 21.7 Å². The summed E-state index contributed by atoms with van der Waals surface area (Å²) in [6.45, 7) is 1.90. The first-order valence-corrected chi connectivity index (χ1v) is 5.98. The molecule has 0 saturated carbocycles. The lowest BCUT2D eigenvalue weighted by Gasteiger charge is -2.11. The van der Waals surface area contributed by atoms with Crippen LogP contribution in [0.2, 0.25) is 0 Å². The number of ketones is 1. The molecule has 2 N–H and O–H groups in total. The minimum Gasteiger partial charge on any atom is -0.496 e. The third-order valence-electron chi connectivity index (χ3n) is 2.46. The normalized spacial score (nSPS) is 12.2. The Morgan fingerprint density at radius 1 is 1.56 bits per heavy atom. The molecule has 0 aliphatic carbocycles. The SMILES string of the molecule is CCC(N)C(=O)Cc1cc(Br)ccc1OC. The number of halogens is 1. The summed E-state index contributed by atoms with van der Waals surface area (Å²) in [5.41, 5.74) is 6.56.